The highest BCUT2D eigenvalue weighted by Crippen LogP contribution is 2.23. The second kappa shape index (κ2) is 6.61. The highest BCUT2D eigenvalue weighted by Gasteiger charge is 2.40. The van der Waals surface area contributed by atoms with Gasteiger partial charge in [0.25, 0.3) is 0 Å². The molecule has 0 aliphatic carbocycles. The predicted molar refractivity (Wildman–Crippen MR) is 92.3 cm³/mol. The summed E-state index contributed by atoms with van der Waals surface area (Å²) in [6, 6.07) is 15.0. The van der Waals surface area contributed by atoms with Gasteiger partial charge in [0.15, 0.2) is 0 Å². The third-order valence-corrected chi connectivity index (χ3v) is 4.86. The second-order valence-electron chi connectivity index (χ2n) is 6.59. The molecule has 1 atom stereocenters. The smallest absolute Gasteiger partial charge is 0.318 e. The van der Waals surface area contributed by atoms with Crippen molar-refractivity contribution in [2.24, 2.45) is 0 Å². The summed E-state index contributed by atoms with van der Waals surface area (Å²) in [6.45, 7) is 5.13. The van der Waals surface area contributed by atoms with E-state index in [-0.39, 0.29) is 6.03 Å². The van der Waals surface area contributed by atoms with Crippen LogP contribution in [0.5, 0.6) is 0 Å². The van der Waals surface area contributed by atoms with E-state index >= 15 is 0 Å². The molecule has 3 heterocycles. The first-order valence-electron chi connectivity index (χ1n) is 8.50. The molecule has 5 nitrogen and oxygen atoms in total. The second-order valence-corrected chi connectivity index (χ2v) is 6.59. The lowest BCUT2D eigenvalue weighted by Gasteiger charge is -2.36. The standard InChI is InChI=1S/C19H22N4O/c24-19-22(13-17-7-4-8-20-11-17)15-18-14-21(9-10-23(18)19)12-16-5-2-1-3-6-16/h1-8,11,18H,9-10,12-15H2. The number of carbonyl (C=O) groups excluding carboxylic acids is 1. The van der Waals surface area contributed by atoms with Crippen molar-refractivity contribution in [3.8, 4) is 0 Å². The molecule has 2 aliphatic heterocycles. The molecule has 2 saturated heterocycles. The van der Waals surface area contributed by atoms with Gasteiger partial charge in [-0.25, -0.2) is 4.79 Å². The molecule has 0 N–H and O–H groups in total. The summed E-state index contributed by atoms with van der Waals surface area (Å²) in [5.41, 5.74) is 2.43. The summed E-state index contributed by atoms with van der Waals surface area (Å²) in [7, 11) is 0. The molecule has 0 spiro atoms. The van der Waals surface area contributed by atoms with E-state index < -0.39 is 0 Å². The summed E-state index contributed by atoms with van der Waals surface area (Å²) in [5, 5.41) is 0. The van der Waals surface area contributed by atoms with Gasteiger partial charge in [-0.1, -0.05) is 36.4 Å². The van der Waals surface area contributed by atoms with Crippen molar-refractivity contribution in [3.05, 3.63) is 66.0 Å². The van der Waals surface area contributed by atoms with Crippen molar-refractivity contribution < 1.29 is 4.79 Å². The Bertz CT molecular complexity index is 691. The minimum Gasteiger partial charge on any atom is -0.318 e. The normalized spacial score (nSPS) is 21.2. The number of pyridine rings is 1. The number of fused-ring (bicyclic) bond motifs is 1. The molecule has 1 aromatic heterocycles. The Morgan fingerprint density at radius 2 is 1.79 bits per heavy atom. The number of benzene rings is 1. The lowest BCUT2D eigenvalue weighted by Crippen LogP contribution is -2.51. The van der Waals surface area contributed by atoms with E-state index in [4.69, 9.17) is 0 Å². The van der Waals surface area contributed by atoms with Crippen molar-refractivity contribution >= 4 is 6.03 Å². The Balaban J connectivity index is 1.39. The van der Waals surface area contributed by atoms with E-state index in [0.717, 1.165) is 38.3 Å². The fraction of sp³-hybridized carbons (Fsp3) is 0.368. The van der Waals surface area contributed by atoms with Gasteiger partial charge >= 0.3 is 6.03 Å². The molecule has 2 aromatic rings. The van der Waals surface area contributed by atoms with Crippen molar-refractivity contribution in [2.45, 2.75) is 19.1 Å². The van der Waals surface area contributed by atoms with Crippen LogP contribution in [-0.4, -0.2) is 57.9 Å². The number of amides is 2. The van der Waals surface area contributed by atoms with E-state index in [2.05, 4.69) is 34.1 Å². The average molecular weight is 322 g/mol. The van der Waals surface area contributed by atoms with Gasteiger partial charge in [-0.3, -0.25) is 9.88 Å². The summed E-state index contributed by atoms with van der Waals surface area (Å²) < 4.78 is 0. The van der Waals surface area contributed by atoms with Crippen LogP contribution in [0.3, 0.4) is 0 Å². The summed E-state index contributed by atoms with van der Waals surface area (Å²) in [4.78, 5) is 23.2. The zero-order chi connectivity index (χ0) is 16.4. The largest absolute Gasteiger partial charge is 0.320 e. The Morgan fingerprint density at radius 1 is 0.958 bits per heavy atom. The number of hydrogen-bond donors (Lipinski definition) is 0. The Morgan fingerprint density at radius 3 is 2.58 bits per heavy atom. The maximum atomic E-state index is 12.6. The zero-order valence-electron chi connectivity index (χ0n) is 13.7. The molecular weight excluding hydrogens is 300 g/mol. The minimum absolute atomic E-state index is 0.170. The monoisotopic (exact) mass is 322 g/mol. The number of urea groups is 1. The lowest BCUT2D eigenvalue weighted by atomic mass is 10.1. The molecule has 0 saturated carbocycles. The van der Waals surface area contributed by atoms with Gasteiger partial charge in [0.05, 0.1) is 6.04 Å². The molecule has 2 amide bonds. The molecule has 124 valence electrons. The van der Waals surface area contributed by atoms with Gasteiger partial charge in [-0.2, -0.15) is 0 Å². The molecule has 2 aliphatic rings. The third kappa shape index (κ3) is 3.12. The number of nitrogens with zero attached hydrogens (tertiary/aromatic N) is 4. The number of carbonyl (C=O) groups is 1. The van der Waals surface area contributed by atoms with Crippen LogP contribution in [0.1, 0.15) is 11.1 Å². The summed E-state index contributed by atoms with van der Waals surface area (Å²) in [6.07, 6.45) is 3.60. The molecule has 5 heteroatoms. The Hall–Kier alpha value is -2.40. The van der Waals surface area contributed by atoms with Crippen molar-refractivity contribution in [1.82, 2.24) is 19.7 Å². The van der Waals surface area contributed by atoms with Gasteiger partial charge in [0.2, 0.25) is 0 Å². The van der Waals surface area contributed by atoms with Gasteiger partial charge in [0.1, 0.15) is 0 Å². The Kier molecular flexibility index (Phi) is 4.17. The van der Waals surface area contributed by atoms with E-state index in [1.165, 1.54) is 5.56 Å². The number of hydrogen-bond acceptors (Lipinski definition) is 3. The highest BCUT2D eigenvalue weighted by atomic mass is 16.2. The van der Waals surface area contributed by atoms with Crippen LogP contribution < -0.4 is 0 Å². The molecule has 24 heavy (non-hydrogen) atoms. The first-order chi connectivity index (χ1) is 11.8. The molecule has 2 fully saturated rings. The van der Waals surface area contributed by atoms with Gasteiger partial charge in [0, 0.05) is 51.7 Å². The fourth-order valence-corrected chi connectivity index (χ4v) is 3.67. The van der Waals surface area contributed by atoms with Crippen LogP contribution in [0.15, 0.2) is 54.9 Å². The Labute approximate surface area is 142 Å². The van der Waals surface area contributed by atoms with Crippen molar-refractivity contribution in [2.75, 3.05) is 26.2 Å². The van der Waals surface area contributed by atoms with Gasteiger partial charge in [-0.15, -0.1) is 0 Å². The number of rotatable bonds is 4. The zero-order valence-corrected chi connectivity index (χ0v) is 13.7. The van der Waals surface area contributed by atoms with Crippen LogP contribution in [0.25, 0.3) is 0 Å². The van der Waals surface area contributed by atoms with Crippen LogP contribution >= 0.6 is 0 Å². The van der Waals surface area contributed by atoms with Crippen molar-refractivity contribution in [3.63, 3.8) is 0 Å². The molecule has 0 bridgehead atoms. The SMILES string of the molecule is O=C1N(Cc2cccnc2)CC2CN(Cc3ccccc3)CCN12. The third-order valence-electron chi connectivity index (χ3n) is 4.86. The summed E-state index contributed by atoms with van der Waals surface area (Å²) >= 11 is 0. The predicted octanol–water partition coefficient (Wildman–Crippen LogP) is 2.20. The van der Waals surface area contributed by atoms with Gasteiger partial charge < -0.3 is 9.80 Å². The van der Waals surface area contributed by atoms with E-state index in [9.17, 15) is 4.79 Å². The molecular formula is C19H22N4O. The van der Waals surface area contributed by atoms with Crippen LogP contribution in [0.2, 0.25) is 0 Å². The first-order valence-corrected chi connectivity index (χ1v) is 8.50. The highest BCUT2D eigenvalue weighted by molar-refractivity contribution is 5.77. The van der Waals surface area contributed by atoms with Crippen LogP contribution in [0, 0.1) is 0 Å². The molecule has 0 radical (unpaired) electrons. The first kappa shape index (κ1) is 15.1. The van der Waals surface area contributed by atoms with Gasteiger partial charge in [-0.05, 0) is 17.2 Å². The van der Waals surface area contributed by atoms with E-state index in [1.807, 2.05) is 34.2 Å². The molecule has 1 unspecified atom stereocenters. The average Bonchev–Trinajstić information content (AvgIpc) is 2.92. The maximum Gasteiger partial charge on any atom is 0.320 e. The quantitative estimate of drug-likeness (QED) is 0.866. The molecule has 1 aromatic carbocycles. The van der Waals surface area contributed by atoms with Crippen LogP contribution in [-0.2, 0) is 13.1 Å². The minimum atomic E-state index is 0.170. The number of aromatic nitrogens is 1. The van der Waals surface area contributed by atoms with Crippen LogP contribution in [0.4, 0.5) is 4.79 Å². The van der Waals surface area contributed by atoms with Crippen molar-refractivity contribution in [1.29, 1.82) is 0 Å². The maximum absolute atomic E-state index is 12.6. The number of piperazine rings is 1. The van der Waals surface area contributed by atoms with E-state index in [0.29, 0.717) is 12.6 Å². The molecule has 4 rings (SSSR count). The topological polar surface area (TPSA) is 39.7 Å². The fourth-order valence-electron chi connectivity index (χ4n) is 3.67. The summed E-state index contributed by atoms with van der Waals surface area (Å²) in [5.74, 6) is 0. The lowest BCUT2D eigenvalue weighted by molar-refractivity contribution is 0.116. The van der Waals surface area contributed by atoms with E-state index in [1.54, 1.807) is 6.20 Å².